The van der Waals surface area contributed by atoms with Gasteiger partial charge in [0.1, 0.15) is 5.58 Å². The van der Waals surface area contributed by atoms with Gasteiger partial charge in [0, 0.05) is 32.9 Å². The Labute approximate surface area is 163 Å². The number of hydrogen-bond acceptors (Lipinski definition) is 4. The molecule has 0 unspecified atom stereocenters. The lowest BCUT2D eigenvalue weighted by Crippen LogP contribution is -2.10. The summed E-state index contributed by atoms with van der Waals surface area (Å²) in [4.78, 5) is 17.6. The van der Waals surface area contributed by atoms with Crippen molar-refractivity contribution in [2.75, 3.05) is 5.32 Å². The molecule has 7 heteroatoms. The minimum atomic E-state index is -0.326. The van der Waals surface area contributed by atoms with E-state index in [1.807, 2.05) is 36.4 Å². The summed E-state index contributed by atoms with van der Waals surface area (Å²) in [5, 5.41) is 5.35. The van der Waals surface area contributed by atoms with Gasteiger partial charge in [0.25, 0.3) is 5.91 Å². The van der Waals surface area contributed by atoms with Crippen LogP contribution in [0.15, 0.2) is 59.1 Å². The van der Waals surface area contributed by atoms with E-state index in [1.165, 1.54) is 11.3 Å². The fraction of sp³-hybridized carbons (Fsp3) is 0.0526. The number of nitrogens with one attached hydrogen (secondary N) is 1. The summed E-state index contributed by atoms with van der Waals surface area (Å²) in [5.41, 5.74) is 1.66. The lowest BCUT2D eigenvalue weighted by atomic mass is 10.1. The third kappa shape index (κ3) is 3.75. The van der Waals surface area contributed by atoms with Crippen molar-refractivity contribution in [1.29, 1.82) is 0 Å². The topological polar surface area (TPSA) is 55.1 Å². The summed E-state index contributed by atoms with van der Waals surface area (Å²) >= 11 is 13.5. The van der Waals surface area contributed by atoms with E-state index in [1.54, 1.807) is 18.3 Å². The first-order valence-corrected chi connectivity index (χ1v) is 9.34. The smallest absolute Gasteiger partial charge is 0.293 e. The van der Waals surface area contributed by atoms with Crippen LogP contribution in [0.4, 0.5) is 5.13 Å². The number of para-hydroxylation sites is 1. The van der Waals surface area contributed by atoms with Crippen LogP contribution < -0.4 is 5.32 Å². The number of benzene rings is 2. The molecule has 0 aliphatic heterocycles. The molecule has 0 radical (unpaired) electrons. The van der Waals surface area contributed by atoms with Gasteiger partial charge in [-0.3, -0.25) is 10.1 Å². The van der Waals surface area contributed by atoms with Gasteiger partial charge in [-0.2, -0.15) is 0 Å². The predicted octanol–water partition coefficient (Wildman–Crippen LogP) is 6.04. The molecule has 4 aromatic rings. The summed E-state index contributed by atoms with van der Waals surface area (Å²) in [6.07, 6.45) is 2.37. The quantitative estimate of drug-likeness (QED) is 0.452. The molecule has 26 heavy (non-hydrogen) atoms. The van der Waals surface area contributed by atoms with E-state index in [9.17, 15) is 4.79 Å². The number of aromatic nitrogens is 1. The summed E-state index contributed by atoms with van der Waals surface area (Å²) < 4.78 is 5.57. The molecule has 2 heterocycles. The average molecular weight is 403 g/mol. The summed E-state index contributed by atoms with van der Waals surface area (Å²) in [6.45, 7) is 0. The SMILES string of the molecule is O=C(Nc1ncc(Cc2cc(Cl)cc(Cl)c2)s1)c1cc2ccccc2o1. The van der Waals surface area contributed by atoms with Gasteiger partial charge in [0.05, 0.1) is 0 Å². The van der Waals surface area contributed by atoms with Crippen LogP contribution in [0.5, 0.6) is 0 Å². The van der Waals surface area contributed by atoms with Crippen LogP contribution >= 0.6 is 34.5 Å². The largest absolute Gasteiger partial charge is 0.451 e. The van der Waals surface area contributed by atoms with Crippen molar-refractivity contribution >= 4 is 56.5 Å². The van der Waals surface area contributed by atoms with E-state index in [4.69, 9.17) is 27.6 Å². The van der Waals surface area contributed by atoms with Crippen LogP contribution in [0.3, 0.4) is 0 Å². The minimum absolute atomic E-state index is 0.254. The molecule has 0 spiro atoms. The van der Waals surface area contributed by atoms with Gasteiger partial charge in [0.2, 0.25) is 0 Å². The molecule has 0 saturated carbocycles. The fourth-order valence-corrected chi connectivity index (χ4v) is 4.03. The van der Waals surface area contributed by atoms with Crippen molar-refractivity contribution in [3.63, 3.8) is 0 Å². The van der Waals surface area contributed by atoms with Gasteiger partial charge < -0.3 is 4.42 Å². The third-order valence-electron chi connectivity index (χ3n) is 3.72. The number of fused-ring (bicyclic) bond motifs is 1. The minimum Gasteiger partial charge on any atom is -0.451 e. The Hall–Kier alpha value is -2.34. The Morgan fingerprint density at radius 1 is 1.12 bits per heavy atom. The van der Waals surface area contributed by atoms with Gasteiger partial charge in [-0.25, -0.2) is 4.98 Å². The fourth-order valence-electron chi connectivity index (χ4n) is 2.61. The molecule has 2 aromatic heterocycles. The molecule has 130 valence electrons. The highest BCUT2D eigenvalue weighted by Crippen LogP contribution is 2.26. The van der Waals surface area contributed by atoms with E-state index in [0.717, 1.165) is 15.8 Å². The number of halogens is 2. The Balaban J connectivity index is 1.48. The zero-order chi connectivity index (χ0) is 18.1. The monoisotopic (exact) mass is 402 g/mol. The number of carbonyl (C=O) groups is 1. The molecular formula is C19H12Cl2N2O2S. The van der Waals surface area contributed by atoms with Crippen molar-refractivity contribution in [1.82, 2.24) is 4.98 Å². The molecule has 0 fully saturated rings. The number of hydrogen-bond donors (Lipinski definition) is 1. The second-order valence-electron chi connectivity index (χ2n) is 5.69. The van der Waals surface area contributed by atoms with Gasteiger partial charge >= 0.3 is 0 Å². The second-order valence-corrected chi connectivity index (χ2v) is 7.68. The number of thiazole rings is 1. The van der Waals surface area contributed by atoms with Crippen LogP contribution in [-0.4, -0.2) is 10.9 Å². The third-order valence-corrected chi connectivity index (χ3v) is 5.07. The van der Waals surface area contributed by atoms with Crippen LogP contribution in [0.25, 0.3) is 11.0 Å². The number of amides is 1. The van der Waals surface area contributed by atoms with Gasteiger partial charge in [-0.15, -0.1) is 11.3 Å². The number of furan rings is 1. The first kappa shape index (κ1) is 17.1. The highest BCUT2D eigenvalue weighted by atomic mass is 35.5. The molecule has 4 nitrogen and oxygen atoms in total. The molecule has 0 atom stereocenters. The standard InChI is InChI=1S/C19H12Cl2N2O2S/c20-13-5-11(6-14(21)9-13)7-15-10-22-19(26-15)23-18(24)17-8-12-3-1-2-4-16(12)25-17/h1-6,8-10H,7H2,(H,22,23,24). The summed E-state index contributed by atoms with van der Waals surface area (Å²) in [7, 11) is 0. The number of nitrogens with zero attached hydrogens (tertiary/aromatic N) is 1. The molecular weight excluding hydrogens is 391 g/mol. The van der Waals surface area contributed by atoms with Crippen molar-refractivity contribution in [3.8, 4) is 0 Å². The number of anilines is 1. The van der Waals surface area contributed by atoms with Crippen molar-refractivity contribution in [2.45, 2.75) is 6.42 Å². The Bertz CT molecular complexity index is 1050. The van der Waals surface area contributed by atoms with E-state index in [2.05, 4.69) is 10.3 Å². The number of rotatable bonds is 4. The first-order chi connectivity index (χ1) is 12.6. The molecule has 4 rings (SSSR count). The Morgan fingerprint density at radius 2 is 1.88 bits per heavy atom. The Morgan fingerprint density at radius 3 is 2.65 bits per heavy atom. The summed E-state index contributed by atoms with van der Waals surface area (Å²) in [5.74, 6) is -0.0718. The van der Waals surface area contributed by atoms with E-state index in [0.29, 0.717) is 27.2 Å². The molecule has 1 N–H and O–H groups in total. The maximum atomic E-state index is 12.4. The lowest BCUT2D eigenvalue weighted by molar-refractivity contribution is 0.0998. The normalized spacial score (nSPS) is 11.0. The first-order valence-electron chi connectivity index (χ1n) is 7.76. The maximum Gasteiger partial charge on any atom is 0.293 e. The predicted molar refractivity (Wildman–Crippen MR) is 106 cm³/mol. The van der Waals surface area contributed by atoms with E-state index < -0.39 is 0 Å². The zero-order valence-corrected chi connectivity index (χ0v) is 15.7. The van der Waals surface area contributed by atoms with E-state index in [-0.39, 0.29) is 11.7 Å². The van der Waals surface area contributed by atoms with E-state index >= 15 is 0 Å². The summed E-state index contributed by atoms with van der Waals surface area (Å²) in [6, 6.07) is 14.6. The molecule has 0 saturated heterocycles. The molecule has 1 amide bonds. The maximum absolute atomic E-state index is 12.4. The van der Waals surface area contributed by atoms with Crippen LogP contribution in [0, 0.1) is 0 Å². The van der Waals surface area contributed by atoms with Gasteiger partial charge in [0.15, 0.2) is 10.9 Å². The highest BCUT2D eigenvalue weighted by Gasteiger charge is 2.14. The van der Waals surface area contributed by atoms with Gasteiger partial charge in [-0.1, -0.05) is 41.4 Å². The van der Waals surface area contributed by atoms with Crippen molar-refractivity contribution < 1.29 is 9.21 Å². The zero-order valence-electron chi connectivity index (χ0n) is 13.3. The molecule has 0 aliphatic rings. The van der Waals surface area contributed by atoms with Crippen LogP contribution in [0.1, 0.15) is 21.0 Å². The number of carbonyl (C=O) groups excluding carboxylic acids is 1. The van der Waals surface area contributed by atoms with Crippen molar-refractivity contribution in [2.24, 2.45) is 0 Å². The molecule has 0 aliphatic carbocycles. The lowest BCUT2D eigenvalue weighted by Gasteiger charge is -2.01. The Kier molecular flexibility index (Phi) is 4.68. The van der Waals surface area contributed by atoms with Crippen LogP contribution in [-0.2, 0) is 6.42 Å². The second kappa shape index (κ2) is 7.11. The van der Waals surface area contributed by atoms with Crippen molar-refractivity contribution in [3.05, 3.63) is 81.0 Å². The van der Waals surface area contributed by atoms with Gasteiger partial charge in [-0.05, 0) is 35.9 Å². The average Bonchev–Trinajstić information content (AvgIpc) is 3.20. The molecule has 0 bridgehead atoms. The van der Waals surface area contributed by atoms with Crippen LogP contribution in [0.2, 0.25) is 10.0 Å². The molecule has 2 aromatic carbocycles. The highest BCUT2D eigenvalue weighted by molar-refractivity contribution is 7.15.